The van der Waals surface area contributed by atoms with Gasteiger partial charge in [-0.15, -0.1) is 0 Å². The second-order valence-electron chi connectivity index (χ2n) is 17.6. The fourth-order valence-corrected chi connectivity index (χ4v) is 10.1. The number of ether oxygens (including phenoxy) is 1. The molecule has 0 radical (unpaired) electrons. The van der Waals surface area contributed by atoms with Gasteiger partial charge in [0, 0.05) is 68.0 Å². The SMILES string of the molecule is CC1(C)CCC(CN2CCN(c3ccc(C(=O)NS(=O)(=O)c4ccc(NC[C@H]5CC[C@H](C#N)CC5)c([N+](=O)[O-])c4)c(Oc4cccc5[nH]cnc45)c3)CC2)=C(c2ccc(Cl)cc2)C1. The lowest BCUT2D eigenvalue weighted by atomic mass is 9.72. The van der Waals surface area contributed by atoms with Crippen molar-refractivity contribution in [3.8, 4) is 17.6 Å². The maximum atomic E-state index is 14.0. The molecule has 1 aliphatic heterocycles. The van der Waals surface area contributed by atoms with E-state index >= 15 is 0 Å². The number of amides is 1. The lowest BCUT2D eigenvalue weighted by molar-refractivity contribution is -0.384. The second-order valence-corrected chi connectivity index (χ2v) is 19.7. The fourth-order valence-electron chi connectivity index (χ4n) is 8.98. The van der Waals surface area contributed by atoms with Crippen molar-refractivity contribution in [2.45, 2.75) is 63.7 Å². The van der Waals surface area contributed by atoms with Gasteiger partial charge in [0.2, 0.25) is 0 Å². The molecule has 14 nitrogen and oxygen atoms in total. The van der Waals surface area contributed by atoms with E-state index in [-0.39, 0.29) is 34.3 Å². The van der Waals surface area contributed by atoms with Crippen LogP contribution in [-0.4, -0.2) is 73.4 Å². The third-order valence-electron chi connectivity index (χ3n) is 12.7. The summed E-state index contributed by atoms with van der Waals surface area (Å²) in [6, 6.07) is 24.4. The Balaban J connectivity index is 0.999. The van der Waals surface area contributed by atoms with Gasteiger partial charge in [0.1, 0.15) is 17.0 Å². The predicted octanol–water partition coefficient (Wildman–Crippen LogP) is 9.56. The maximum absolute atomic E-state index is 14.0. The van der Waals surface area contributed by atoms with Gasteiger partial charge >= 0.3 is 0 Å². The second kappa shape index (κ2) is 18.4. The molecule has 2 heterocycles. The largest absolute Gasteiger partial charge is 0.454 e. The van der Waals surface area contributed by atoms with E-state index in [1.165, 1.54) is 35.2 Å². The number of allylic oxidation sites excluding steroid dienone is 1. The molecule has 0 spiro atoms. The van der Waals surface area contributed by atoms with Gasteiger partial charge in [0.15, 0.2) is 5.75 Å². The van der Waals surface area contributed by atoms with Crippen LogP contribution in [0.3, 0.4) is 0 Å². The minimum atomic E-state index is -4.58. The number of imidazole rings is 1. The molecule has 63 heavy (non-hydrogen) atoms. The smallest absolute Gasteiger partial charge is 0.293 e. The lowest BCUT2D eigenvalue weighted by Gasteiger charge is -2.39. The van der Waals surface area contributed by atoms with E-state index in [1.54, 1.807) is 30.3 Å². The summed E-state index contributed by atoms with van der Waals surface area (Å²) in [5.74, 6) is -0.216. The number of para-hydroxylation sites is 1. The summed E-state index contributed by atoms with van der Waals surface area (Å²) in [6.07, 6.45) is 7.92. The van der Waals surface area contributed by atoms with Gasteiger partial charge in [-0.1, -0.05) is 49.2 Å². The first-order valence-corrected chi connectivity index (χ1v) is 23.3. The number of halogens is 1. The van der Waals surface area contributed by atoms with Gasteiger partial charge in [0.25, 0.3) is 21.6 Å². The molecule has 1 aromatic heterocycles. The standard InChI is InChI=1S/C47H51ClN8O6S/c1-47(2)19-18-34(39(26-47)33-10-12-35(48)13-11-33)29-54-20-22-55(23-21-54)36-14-16-38(44(24-36)62-43-5-3-4-41-45(43)52-30-51-41)46(57)53-63(60,61)37-15-17-40(42(25-37)56(58)59)50-28-32-8-6-31(27-49)7-9-32/h3-5,10-17,24-25,30-32,50H,6-9,18-23,26,28-29H2,1-2H3,(H,51,52)(H,53,57)/t31-,32-. The number of H-pyrrole nitrogens is 1. The summed E-state index contributed by atoms with van der Waals surface area (Å²) in [5.41, 5.74) is 6.06. The average Bonchev–Trinajstić information content (AvgIpc) is 3.77. The van der Waals surface area contributed by atoms with Crippen molar-refractivity contribution in [2.24, 2.45) is 17.3 Å². The van der Waals surface area contributed by atoms with E-state index < -0.39 is 31.4 Å². The summed E-state index contributed by atoms with van der Waals surface area (Å²) >= 11 is 6.24. The number of nitrogens with zero attached hydrogens (tertiary/aromatic N) is 5. The number of anilines is 2. The summed E-state index contributed by atoms with van der Waals surface area (Å²) in [6.45, 7) is 9.05. The number of sulfonamides is 1. The van der Waals surface area contributed by atoms with Gasteiger partial charge in [-0.05, 0) is 116 Å². The number of nitro groups is 1. The van der Waals surface area contributed by atoms with Gasteiger partial charge in [-0.2, -0.15) is 5.26 Å². The van der Waals surface area contributed by atoms with Crippen LogP contribution in [0.5, 0.6) is 11.5 Å². The van der Waals surface area contributed by atoms with Gasteiger partial charge in [-0.3, -0.25) is 19.8 Å². The van der Waals surface area contributed by atoms with Gasteiger partial charge in [0.05, 0.1) is 33.3 Å². The Kier molecular flexibility index (Phi) is 12.8. The van der Waals surface area contributed by atoms with E-state index in [0.29, 0.717) is 17.8 Å². The Hall–Kier alpha value is -5.95. The zero-order valence-electron chi connectivity index (χ0n) is 35.4. The number of aromatic nitrogens is 2. The Bertz CT molecular complexity index is 2700. The van der Waals surface area contributed by atoms with Crippen molar-refractivity contribution >= 4 is 61.2 Å². The summed E-state index contributed by atoms with van der Waals surface area (Å²) < 4.78 is 36.0. The number of carbonyl (C=O) groups excluding carboxylic acids is 1. The number of rotatable bonds is 13. The number of hydrogen-bond donors (Lipinski definition) is 3. The minimum Gasteiger partial charge on any atom is -0.454 e. The summed E-state index contributed by atoms with van der Waals surface area (Å²) in [4.78, 5) is 37.2. The molecule has 0 atom stereocenters. The number of fused-ring (bicyclic) bond motifs is 1. The van der Waals surface area contributed by atoms with Crippen molar-refractivity contribution in [2.75, 3.05) is 49.5 Å². The zero-order valence-corrected chi connectivity index (χ0v) is 37.0. The molecule has 2 aliphatic carbocycles. The first-order valence-electron chi connectivity index (χ1n) is 21.4. The topological polar surface area (TPSA) is 187 Å². The highest BCUT2D eigenvalue weighted by Gasteiger charge is 2.31. The van der Waals surface area contributed by atoms with Crippen LogP contribution < -0.4 is 19.7 Å². The molecule has 1 saturated carbocycles. The molecule has 3 N–H and O–H groups in total. The first kappa shape index (κ1) is 43.7. The number of aromatic amines is 1. The number of piperazine rings is 1. The van der Waals surface area contributed by atoms with Crippen molar-refractivity contribution in [1.82, 2.24) is 19.6 Å². The van der Waals surface area contributed by atoms with E-state index in [0.717, 1.165) is 100.0 Å². The van der Waals surface area contributed by atoms with E-state index in [9.17, 15) is 28.6 Å². The molecular formula is C47H51ClN8O6S. The van der Waals surface area contributed by atoms with Crippen LogP contribution in [0.4, 0.5) is 17.1 Å². The molecule has 1 amide bonds. The minimum absolute atomic E-state index is 0.0294. The highest BCUT2D eigenvalue weighted by molar-refractivity contribution is 7.90. The molecule has 328 valence electrons. The highest BCUT2D eigenvalue weighted by atomic mass is 35.5. The molecule has 5 aromatic rings. The van der Waals surface area contributed by atoms with Crippen molar-refractivity contribution in [3.63, 3.8) is 0 Å². The maximum Gasteiger partial charge on any atom is 0.293 e. The van der Waals surface area contributed by atoms with E-state index in [4.69, 9.17) is 16.3 Å². The van der Waals surface area contributed by atoms with Crippen LogP contribution in [-0.2, 0) is 10.0 Å². The van der Waals surface area contributed by atoms with Crippen LogP contribution in [0.25, 0.3) is 16.6 Å². The summed E-state index contributed by atoms with van der Waals surface area (Å²) in [7, 11) is -4.58. The lowest BCUT2D eigenvalue weighted by Crippen LogP contribution is -2.47. The molecule has 2 fully saturated rings. The highest BCUT2D eigenvalue weighted by Crippen LogP contribution is 2.44. The molecular weight excluding hydrogens is 840 g/mol. The van der Waals surface area contributed by atoms with Crippen LogP contribution in [0.2, 0.25) is 5.02 Å². The molecule has 1 saturated heterocycles. The molecule has 0 unspecified atom stereocenters. The number of carbonyl (C=O) groups is 1. The predicted molar refractivity (Wildman–Crippen MR) is 245 cm³/mol. The van der Waals surface area contributed by atoms with Gasteiger partial charge < -0.3 is 19.9 Å². The molecule has 4 aromatic carbocycles. The number of hydrogen-bond acceptors (Lipinski definition) is 11. The van der Waals surface area contributed by atoms with E-state index in [2.05, 4.69) is 61.9 Å². The monoisotopic (exact) mass is 890 g/mol. The zero-order chi connectivity index (χ0) is 44.3. The van der Waals surface area contributed by atoms with Crippen molar-refractivity contribution < 1.29 is 22.9 Å². The van der Waals surface area contributed by atoms with Crippen molar-refractivity contribution in [1.29, 1.82) is 5.26 Å². The number of benzene rings is 4. The first-order chi connectivity index (χ1) is 30.2. The Morgan fingerprint density at radius 1 is 1.02 bits per heavy atom. The van der Waals surface area contributed by atoms with Crippen LogP contribution in [0.1, 0.15) is 74.7 Å². The average molecular weight is 891 g/mol. The quantitative estimate of drug-likeness (QED) is 0.0755. The molecule has 8 rings (SSSR count). The number of nitro benzene ring substituents is 1. The Labute approximate surface area is 372 Å². The fraction of sp³-hybridized carbons (Fsp3) is 0.383. The van der Waals surface area contributed by atoms with Crippen molar-refractivity contribution in [3.05, 3.63) is 117 Å². The molecule has 16 heteroatoms. The Morgan fingerprint density at radius 3 is 2.51 bits per heavy atom. The van der Waals surface area contributed by atoms with Crippen LogP contribution in [0, 0.1) is 38.7 Å². The Morgan fingerprint density at radius 2 is 1.78 bits per heavy atom. The third kappa shape index (κ3) is 10.1. The van der Waals surface area contributed by atoms with Crippen LogP contribution >= 0.6 is 11.6 Å². The summed E-state index contributed by atoms with van der Waals surface area (Å²) in [5, 5.41) is 25.2. The number of nitrogens with one attached hydrogen (secondary N) is 3. The molecule has 3 aliphatic rings. The van der Waals surface area contributed by atoms with E-state index in [1.807, 2.05) is 18.2 Å². The normalized spacial score (nSPS) is 19.4. The molecule has 0 bridgehead atoms. The van der Waals surface area contributed by atoms with Crippen LogP contribution in [0.15, 0.2) is 95.7 Å². The third-order valence-corrected chi connectivity index (χ3v) is 14.3. The van der Waals surface area contributed by atoms with Gasteiger partial charge in [-0.25, -0.2) is 18.1 Å². The number of nitriles is 1.